The molecular formula is C72H82N12OS2. The van der Waals surface area contributed by atoms with E-state index in [9.17, 15) is 0 Å². The topological polar surface area (TPSA) is 124 Å². The predicted molar refractivity (Wildman–Crippen MR) is 364 cm³/mol. The van der Waals surface area contributed by atoms with Crippen LogP contribution >= 0.6 is 23.5 Å². The highest BCUT2D eigenvalue weighted by Gasteiger charge is 2.27. The zero-order valence-electron chi connectivity index (χ0n) is 50.5. The second kappa shape index (κ2) is 35.7. The Labute approximate surface area is 525 Å². The van der Waals surface area contributed by atoms with E-state index in [-0.39, 0.29) is 6.10 Å². The van der Waals surface area contributed by atoms with Gasteiger partial charge in [-0.25, -0.2) is 15.0 Å². The highest BCUT2D eigenvalue weighted by molar-refractivity contribution is 8.03. The first-order chi connectivity index (χ1) is 42.7. The number of thioether (sulfide) groups is 2. The van der Waals surface area contributed by atoms with Gasteiger partial charge in [-0.05, 0) is 66.9 Å². The maximum Gasteiger partial charge on any atom is 0.138 e. The largest absolute Gasteiger partial charge is 0.493 e. The van der Waals surface area contributed by atoms with Crippen LogP contribution in [0, 0.1) is 55.3 Å². The molecule has 15 heteroatoms. The quantitative estimate of drug-likeness (QED) is 0.212. The number of hydrogen-bond acceptors (Lipinski definition) is 15. The Balaban J connectivity index is 0.000000126. The second-order valence-electron chi connectivity index (χ2n) is 21.5. The lowest BCUT2D eigenvalue weighted by Gasteiger charge is -2.22. The summed E-state index contributed by atoms with van der Waals surface area (Å²) in [7, 11) is 8.24. The van der Waals surface area contributed by atoms with E-state index in [0.29, 0.717) is 76.1 Å². The van der Waals surface area contributed by atoms with E-state index in [1.54, 1.807) is 24.9 Å². The maximum absolute atomic E-state index is 5.24. The van der Waals surface area contributed by atoms with Crippen LogP contribution in [0.15, 0.2) is 302 Å². The van der Waals surface area contributed by atoms with Crippen molar-refractivity contribution in [1.29, 1.82) is 0 Å². The monoisotopic (exact) mass is 1190 g/mol. The average Bonchev–Trinajstić information content (AvgIpc) is 4.52. The highest BCUT2D eigenvalue weighted by atomic mass is 32.2. The molecule has 14 atom stereocenters. The van der Waals surface area contributed by atoms with Crippen LogP contribution in [0.4, 0.5) is 0 Å². The number of aryl methyl sites for hydroxylation is 2. The molecule has 13 nitrogen and oxygen atoms in total. The summed E-state index contributed by atoms with van der Waals surface area (Å²) in [5, 5.41) is 25.0. The third-order valence-corrected chi connectivity index (χ3v) is 17.4. The van der Waals surface area contributed by atoms with Crippen LogP contribution in [0.25, 0.3) is 0 Å². The van der Waals surface area contributed by atoms with Gasteiger partial charge in [0.15, 0.2) is 0 Å². The van der Waals surface area contributed by atoms with Crippen molar-refractivity contribution in [3.05, 3.63) is 303 Å². The number of aromatic nitrogens is 6. The van der Waals surface area contributed by atoms with Crippen molar-refractivity contribution >= 4 is 36.0 Å². The molecule has 0 saturated carbocycles. The summed E-state index contributed by atoms with van der Waals surface area (Å²) < 4.78 is 5.24. The summed E-state index contributed by atoms with van der Waals surface area (Å²) >= 11 is 3.82. The van der Waals surface area contributed by atoms with Gasteiger partial charge in [0.2, 0.25) is 0 Å². The van der Waals surface area contributed by atoms with Gasteiger partial charge < -0.3 is 14.5 Å². The summed E-state index contributed by atoms with van der Waals surface area (Å²) in [4.78, 5) is 19.8. The summed E-state index contributed by atoms with van der Waals surface area (Å²) in [6.07, 6.45) is 93.3. The Bertz CT molecular complexity index is 2830. The molecule has 17 rings (SSSR count). The first kappa shape index (κ1) is 64.3. The summed E-state index contributed by atoms with van der Waals surface area (Å²) in [6.45, 7) is 3.85. The van der Waals surface area contributed by atoms with Gasteiger partial charge in [0, 0.05) is 124 Å². The standard InChI is InChI=1S/2C9H11N.2C8H10N2.C8H8O.2C8H8S.C6H8N2.C5H5N.C3H3N3/c2*1-10-7-6-8-4-2-3-5-9(8)10;2*1-10-8-5-3-2-4-7(8)6-9-10;3*1-2-4-8-7(3-1)5-6-9-8;1-5-3-7-6(2)8-4-5;1-2-4-6-5-3-1;1-2-5-6-3-4-1/h2*2-9H,1H3;2*2-8H,1H3;3*1-8H;3-4H,1-2H3;1-5H;1-3H. The molecule has 0 bridgehead atoms. The molecule has 0 radical (unpaired) electrons. The fourth-order valence-corrected chi connectivity index (χ4v) is 12.2. The van der Waals surface area contributed by atoms with Gasteiger partial charge >= 0.3 is 0 Å². The van der Waals surface area contributed by atoms with E-state index in [4.69, 9.17) is 4.74 Å². The van der Waals surface area contributed by atoms with E-state index >= 15 is 0 Å². The van der Waals surface area contributed by atoms with Gasteiger partial charge in [0.25, 0.3) is 0 Å². The van der Waals surface area contributed by atoms with Gasteiger partial charge in [-0.15, -0.1) is 28.6 Å². The van der Waals surface area contributed by atoms with Crippen molar-refractivity contribution in [2.24, 2.45) is 51.6 Å². The SMILES string of the molecule is C1=CC2C=COC2C=C1.C1=CC2C=CSC2C=C1.C1=CC2C=CSC2C=C1.CN1C=CC2C=CC=CC21.CN1C=CC2C=CC=CC21.CN1N=CC2C=CC=CC21.CN1N=CC2C=CC=CC21.Cc1cnc(C)nc1.c1ccncc1.c1cnncn1. The van der Waals surface area contributed by atoms with Gasteiger partial charge in [-0.1, -0.05) is 194 Å². The highest BCUT2D eigenvalue weighted by Crippen LogP contribution is 2.34. The fourth-order valence-electron chi connectivity index (χ4n) is 10.2. The number of pyridine rings is 1. The lowest BCUT2D eigenvalue weighted by atomic mass is 9.97. The smallest absolute Gasteiger partial charge is 0.138 e. The first-order valence-corrected chi connectivity index (χ1v) is 31.5. The van der Waals surface area contributed by atoms with Crippen molar-refractivity contribution in [2.75, 3.05) is 28.2 Å². The Morgan fingerprint density at radius 1 is 0.391 bits per heavy atom. The second-order valence-corrected chi connectivity index (χ2v) is 23.7. The Morgan fingerprint density at radius 3 is 1.22 bits per heavy atom. The minimum atomic E-state index is 0.287. The number of nitrogens with zero attached hydrogens (tertiary/aromatic N) is 12. The lowest BCUT2D eigenvalue weighted by molar-refractivity contribution is 0.192. The molecule has 87 heavy (non-hydrogen) atoms. The molecule has 0 aromatic carbocycles. The van der Waals surface area contributed by atoms with Crippen LogP contribution in [-0.2, 0) is 4.74 Å². The molecule has 14 unspecified atom stereocenters. The lowest BCUT2D eigenvalue weighted by Crippen LogP contribution is -2.27. The molecule has 0 amide bonds. The van der Waals surface area contributed by atoms with Crippen molar-refractivity contribution in [3.63, 3.8) is 0 Å². The first-order valence-electron chi connectivity index (χ1n) is 29.6. The molecular weight excluding hydrogens is 1110 g/mol. The van der Waals surface area contributed by atoms with Crippen LogP contribution in [0.2, 0.25) is 0 Å². The van der Waals surface area contributed by atoms with E-state index in [2.05, 4.69) is 282 Å². The van der Waals surface area contributed by atoms with Gasteiger partial charge in [-0.2, -0.15) is 15.3 Å². The maximum atomic E-state index is 5.24. The minimum absolute atomic E-state index is 0.287. The van der Waals surface area contributed by atoms with E-state index < -0.39 is 0 Å². The molecule has 3 aromatic rings. The Kier molecular flexibility index (Phi) is 26.4. The van der Waals surface area contributed by atoms with E-state index in [1.165, 1.54) is 12.5 Å². The fraction of sp³-hybridized carbons (Fsp3) is 0.278. The summed E-state index contributed by atoms with van der Waals surface area (Å²) in [6, 6.07) is 7.84. The van der Waals surface area contributed by atoms with Crippen LogP contribution < -0.4 is 0 Å². The number of fused-ring (bicyclic) bond motifs is 7. The zero-order valence-corrected chi connectivity index (χ0v) is 52.2. The summed E-state index contributed by atoms with van der Waals surface area (Å²) in [5.74, 6) is 4.94. The number of rotatable bonds is 0. The van der Waals surface area contributed by atoms with Crippen LogP contribution in [0.1, 0.15) is 11.4 Å². The van der Waals surface area contributed by atoms with Crippen molar-refractivity contribution < 1.29 is 4.74 Å². The number of allylic oxidation sites excluding steroid dienone is 18. The summed E-state index contributed by atoms with van der Waals surface area (Å²) in [5.41, 5.74) is 1.11. The molecule has 0 saturated heterocycles. The number of ether oxygens (including phenoxy) is 1. The number of likely N-dealkylation sites (N-methyl/N-ethyl adjacent to an activating group) is 4. The van der Waals surface area contributed by atoms with Crippen molar-refractivity contribution in [2.45, 2.75) is 54.6 Å². The molecule has 0 spiro atoms. The van der Waals surface area contributed by atoms with Gasteiger partial charge in [-0.3, -0.25) is 15.0 Å². The Hall–Kier alpha value is -8.66. The van der Waals surface area contributed by atoms with Crippen molar-refractivity contribution in [3.8, 4) is 0 Å². The van der Waals surface area contributed by atoms with Gasteiger partial charge in [0.1, 0.15) is 18.3 Å². The van der Waals surface area contributed by atoms with Gasteiger partial charge in [0.05, 0.1) is 36.6 Å². The molecule has 7 aliphatic carbocycles. The van der Waals surface area contributed by atoms with E-state index in [1.807, 2.05) is 111 Å². The molecule has 10 heterocycles. The van der Waals surface area contributed by atoms with E-state index in [0.717, 1.165) is 11.4 Å². The molecule has 14 aliphatic rings. The van der Waals surface area contributed by atoms with Crippen LogP contribution in [0.3, 0.4) is 0 Å². The van der Waals surface area contributed by atoms with Crippen molar-refractivity contribution in [1.82, 2.24) is 50.0 Å². The molecule has 7 aliphatic heterocycles. The molecule has 3 aromatic heterocycles. The predicted octanol–water partition coefficient (Wildman–Crippen LogP) is 13.6. The zero-order chi connectivity index (χ0) is 60.7. The van der Waals surface area contributed by atoms with Crippen LogP contribution in [-0.4, -0.2) is 131 Å². The molecule has 448 valence electrons. The normalized spacial score (nSPS) is 29.6. The number of hydrogen-bond donors (Lipinski definition) is 0. The third kappa shape index (κ3) is 21.1. The third-order valence-electron chi connectivity index (χ3n) is 15.2. The molecule has 0 fully saturated rings. The number of hydrazone groups is 2. The Morgan fingerprint density at radius 2 is 0.839 bits per heavy atom. The van der Waals surface area contributed by atoms with Crippen LogP contribution in [0.5, 0.6) is 0 Å². The molecule has 0 N–H and O–H groups in total. The average molecular weight is 1200 g/mol. The minimum Gasteiger partial charge on any atom is -0.493 e.